The van der Waals surface area contributed by atoms with E-state index in [2.05, 4.69) is 0 Å². The maximum atomic E-state index is 11.1. The van der Waals surface area contributed by atoms with Crippen LogP contribution >= 0.6 is 0 Å². The van der Waals surface area contributed by atoms with Crippen molar-refractivity contribution in [1.29, 1.82) is 0 Å². The van der Waals surface area contributed by atoms with Gasteiger partial charge in [0.05, 0.1) is 6.26 Å². The highest BCUT2D eigenvalue weighted by atomic mass is 16.4. The number of aliphatic hydroxyl groups is 1. The molecule has 1 heterocycles. The maximum absolute atomic E-state index is 11.1. The quantitative estimate of drug-likeness (QED) is 0.806. The smallest absolute Gasteiger partial charge is 0.185 e. The van der Waals surface area contributed by atoms with E-state index in [9.17, 15) is 9.90 Å². The third-order valence-electron chi connectivity index (χ3n) is 2.11. The lowest BCUT2D eigenvalue weighted by atomic mass is 10.1. The maximum Gasteiger partial charge on any atom is 0.185 e. The van der Waals surface area contributed by atoms with Crippen LogP contribution in [0.25, 0.3) is 0 Å². The van der Waals surface area contributed by atoms with Crippen molar-refractivity contribution in [1.82, 2.24) is 0 Å². The van der Waals surface area contributed by atoms with Gasteiger partial charge in [0.2, 0.25) is 0 Å². The Morgan fingerprint density at radius 1 is 1.13 bits per heavy atom. The largest absolute Gasteiger partial charge is 0.466 e. The minimum Gasteiger partial charge on any atom is -0.466 e. The van der Waals surface area contributed by atoms with Crippen LogP contribution in [0.1, 0.15) is 17.4 Å². The van der Waals surface area contributed by atoms with E-state index in [-0.39, 0.29) is 11.2 Å². The lowest BCUT2D eigenvalue weighted by Gasteiger charge is -2.08. The fraction of sp³-hybridized carbons (Fsp3) is 0.0833. The zero-order valence-electron chi connectivity index (χ0n) is 7.96. The topological polar surface area (TPSA) is 50.4 Å². The Balaban J connectivity index is 2.37. The van der Waals surface area contributed by atoms with Gasteiger partial charge in [-0.1, -0.05) is 30.3 Å². The van der Waals surface area contributed by atoms with E-state index >= 15 is 0 Å². The summed E-state index contributed by atoms with van der Waals surface area (Å²) in [5.74, 6) is 0.258. The zero-order valence-corrected chi connectivity index (χ0v) is 7.96. The van der Waals surface area contributed by atoms with E-state index < -0.39 is 6.10 Å². The SMILES string of the molecule is O=c1ccoc([C@H](O)c2ccccc2)c1. The predicted molar refractivity (Wildman–Crippen MR) is 55.5 cm³/mol. The molecule has 0 aliphatic heterocycles. The van der Waals surface area contributed by atoms with Gasteiger partial charge in [0.15, 0.2) is 5.43 Å². The molecule has 0 bridgehead atoms. The molecule has 1 aromatic carbocycles. The van der Waals surface area contributed by atoms with E-state index in [4.69, 9.17) is 4.42 Å². The zero-order chi connectivity index (χ0) is 10.7. The Morgan fingerprint density at radius 2 is 1.87 bits per heavy atom. The molecule has 1 aromatic heterocycles. The Morgan fingerprint density at radius 3 is 2.53 bits per heavy atom. The van der Waals surface area contributed by atoms with Gasteiger partial charge in [-0.25, -0.2) is 0 Å². The molecule has 3 nitrogen and oxygen atoms in total. The third kappa shape index (κ3) is 2.14. The van der Waals surface area contributed by atoms with E-state index in [0.29, 0.717) is 5.56 Å². The summed E-state index contributed by atoms with van der Waals surface area (Å²) in [6, 6.07) is 11.6. The standard InChI is InChI=1S/C12H10O3/c13-10-6-7-15-11(8-10)12(14)9-4-2-1-3-5-9/h1-8,12,14H/t12-/m1/s1. The second kappa shape index (κ2) is 4.11. The van der Waals surface area contributed by atoms with Crippen LogP contribution in [0.3, 0.4) is 0 Å². The molecule has 0 spiro atoms. The first-order valence-electron chi connectivity index (χ1n) is 4.59. The molecule has 15 heavy (non-hydrogen) atoms. The van der Waals surface area contributed by atoms with Crippen molar-refractivity contribution < 1.29 is 9.52 Å². The van der Waals surface area contributed by atoms with Gasteiger partial charge in [0, 0.05) is 12.1 Å². The molecule has 0 saturated carbocycles. The Labute approximate surface area is 86.6 Å². The minimum atomic E-state index is -0.889. The van der Waals surface area contributed by atoms with Gasteiger partial charge < -0.3 is 9.52 Å². The fourth-order valence-corrected chi connectivity index (χ4v) is 1.34. The van der Waals surface area contributed by atoms with Crippen molar-refractivity contribution in [3.05, 3.63) is 70.3 Å². The molecule has 2 rings (SSSR count). The van der Waals surface area contributed by atoms with Crippen LogP contribution in [-0.4, -0.2) is 5.11 Å². The van der Waals surface area contributed by atoms with Gasteiger partial charge in [0.1, 0.15) is 11.9 Å². The fourth-order valence-electron chi connectivity index (χ4n) is 1.34. The van der Waals surface area contributed by atoms with Gasteiger partial charge >= 0.3 is 0 Å². The van der Waals surface area contributed by atoms with E-state index in [1.807, 2.05) is 18.2 Å². The lowest BCUT2D eigenvalue weighted by Crippen LogP contribution is -2.04. The minimum absolute atomic E-state index is 0.175. The van der Waals surface area contributed by atoms with Crippen LogP contribution in [0, 0.1) is 0 Å². The summed E-state index contributed by atoms with van der Waals surface area (Å²) in [7, 11) is 0. The van der Waals surface area contributed by atoms with Gasteiger partial charge in [-0.05, 0) is 5.56 Å². The first-order chi connectivity index (χ1) is 7.27. The number of benzene rings is 1. The van der Waals surface area contributed by atoms with Crippen molar-refractivity contribution in [3.8, 4) is 0 Å². The van der Waals surface area contributed by atoms with E-state index in [1.54, 1.807) is 12.1 Å². The highest BCUT2D eigenvalue weighted by molar-refractivity contribution is 5.23. The molecular formula is C12H10O3. The Bertz CT molecular complexity index is 487. The van der Waals surface area contributed by atoms with Crippen LogP contribution < -0.4 is 5.43 Å². The summed E-state index contributed by atoms with van der Waals surface area (Å²) in [5, 5.41) is 9.88. The van der Waals surface area contributed by atoms with Crippen LogP contribution in [-0.2, 0) is 0 Å². The molecule has 2 aromatic rings. The normalized spacial score (nSPS) is 12.3. The van der Waals surface area contributed by atoms with Crippen molar-refractivity contribution in [3.63, 3.8) is 0 Å². The van der Waals surface area contributed by atoms with Crippen molar-refractivity contribution in [2.24, 2.45) is 0 Å². The molecule has 3 heteroatoms. The van der Waals surface area contributed by atoms with Gasteiger partial charge in [0.25, 0.3) is 0 Å². The average molecular weight is 202 g/mol. The van der Waals surface area contributed by atoms with Gasteiger partial charge in [-0.3, -0.25) is 4.79 Å². The number of hydrogen-bond donors (Lipinski definition) is 1. The first kappa shape index (κ1) is 9.68. The Hall–Kier alpha value is -1.87. The molecule has 0 aliphatic carbocycles. The van der Waals surface area contributed by atoms with Crippen LogP contribution in [0.5, 0.6) is 0 Å². The number of aliphatic hydroxyl groups excluding tert-OH is 1. The highest BCUT2D eigenvalue weighted by Crippen LogP contribution is 2.19. The summed E-state index contributed by atoms with van der Waals surface area (Å²) in [6.07, 6.45) is 0.393. The lowest BCUT2D eigenvalue weighted by molar-refractivity contribution is 0.186. The second-order valence-electron chi connectivity index (χ2n) is 3.18. The highest BCUT2D eigenvalue weighted by Gasteiger charge is 2.12. The molecule has 0 aliphatic rings. The second-order valence-corrected chi connectivity index (χ2v) is 3.18. The molecular weight excluding hydrogens is 192 g/mol. The Kier molecular flexibility index (Phi) is 2.65. The molecule has 0 amide bonds. The number of rotatable bonds is 2. The number of hydrogen-bond acceptors (Lipinski definition) is 3. The van der Waals surface area contributed by atoms with Crippen LogP contribution in [0.2, 0.25) is 0 Å². The molecule has 76 valence electrons. The molecule has 0 unspecified atom stereocenters. The summed E-state index contributed by atoms with van der Waals surface area (Å²) >= 11 is 0. The van der Waals surface area contributed by atoms with Gasteiger partial charge in [-0.2, -0.15) is 0 Å². The van der Waals surface area contributed by atoms with Crippen molar-refractivity contribution >= 4 is 0 Å². The van der Waals surface area contributed by atoms with Crippen LogP contribution in [0.4, 0.5) is 0 Å². The predicted octanol–water partition coefficient (Wildman–Crippen LogP) is 1.72. The molecule has 1 N–H and O–H groups in total. The molecule has 0 radical (unpaired) electrons. The van der Waals surface area contributed by atoms with Gasteiger partial charge in [-0.15, -0.1) is 0 Å². The summed E-state index contributed by atoms with van der Waals surface area (Å²) in [6.45, 7) is 0. The average Bonchev–Trinajstić information content (AvgIpc) is 2.29. The summed E-state index contributed by atoms with van der Waals surface area (Å²) in [4.78, 5) is 11.1. The molecule has 0 fully saturated rings. The van der Waals surface area contributed by atoms with Crippen molar-refractivity contribution in [2.75, 3.05) is 0 Å². The van der Waals surface area contributed by atoms with E-state index in [0.717, 1.165) is 0 Å². The first-order valence-corrected chi connectivity index (χ1v) is 4.59. The molecule has 1 atom stereocenters. The monoisotopic (exact) mass is 202 g/mol. The summed E-state index contributed by atoms with van der Waals surface area (Å²) in [5.41, 5.74) is 0.526. The van der Waals surface area contributed by atoms with Crippen molar-refractivity contribution in [2.45, 2.75) is 6.10 Å². The van der Waals surface area contributed by atoms with E-state index in [1.165, 1.54) is 18.4 Å². The van der Waals surface area contributed by atoms with Crippen LogP contribution in [0.15, 0.2) is 57.9 Å². The third-order valence-corrected chi connectivity index (χ3v) is 2.11. The summed E-state index contributed by atoms with van der Waals surface area (Å²) < 4.78 is 5.07. The molecule has 0 saturated heterocycles.